The van der Waals surface area contributed by atoms with Crippen LogP contribution in [0.1, 0.15) is 127 Å². The third-order valence-corrected chi connectivity index (χ3v) is 10.0. The number of carbonyl (C=O) groups is 4. The van der Waals surface area contributed by atoms with Crippen LogP contribution >= 0.6 is 0 Å². The molecule has 2 aliphatic rings. The van der Waals surface area contributed by atoms with Crippen molar-refractivity contribution in [1.29, 1.82) is 0 Å². The first-order valence-corrected chi connectivity index (χ1v) is 20.3. The molecule has 1 saturated carbocycles. The van der Waals surface area contributed by atoms with Gasteiger partial charge in [-0.3, -0.25) is 19.2 Å². The fourth-order valence-corrected chi connectivity index (χ4v) is 6.56. The molecule has 1 aromatic rings. The van der Waals surface area contributed by atoms with Gasteiger partial charge in [-0.2, -0.15) is 6.41 Å². The van der Waals surface area contributed by atoms with Gasteiger partial charge in [0.05, 0.1) is 36.4 Å². The van der Waals surface area contributed by atoms with Gasteiger partial charge in [0.25, 0.3) is 0 Å². The molecule has 1 aliphatic carbocycles. The number of carbonyl (C=O) groups excluding carboxylic acids is 5. The predicted octanol–water partition coefficient (Wildman–Crippen LogP) is 6.02. The molecule has 3 N–H and O–H groups in total. The quantitative estimate of drug-likeness (QED) is 0.0874. The van der Waals surface area contributed by atoms with E-state index in [0.717, 1.165) is 51.6 Å². The van der Waals surface area contributed by atoms with Gasteiger partial charge in [-0.25, -0.2) is 0 Å². The maximum Gasteiger partial charge on any atom is 0.242 e. The molecule has 1 aromatic carbocycles. The first-order chi connectivity index (χ1) is 26.1. The van der Waals surface area contributed by atoms with E-state index in [1.165, 1.54) is 31.2 Å². The van der Waals surface area contributed by atoms with Crippen LogP contribution in [0.2, 0.25) is 0 Å². The molecule has 1 heterocycles. The van der Waals surface area contributed by atoms with Crippen molar-refractivity contribution in [3.05, 3.63) is 35.9 Å². The molecular weight excluding hydrogens is 956 g/mol. The first kappa shape index (κ1) is 55.8. The largest absolute Gasteiger partial charge is 0.520 e. The van der Waals surface area contributed by atoms with E-state index in [9.17, 15) is 24.0 Å². The Morgan fingerprint density at radius 2 is 1.59 bits per heavy atom. The average Bonchev–Trinajstić information content (AvgIpc) is 3.84. The Morgan fingerprint density at radius 1 is 1.02 bits per heavy atom. The van der Waals surface area contributed by atoms with Crippen LogP contribution in [0, 0.1) is 11.8 Å². The van der Waals surface area contributed by atoms with Crippen molar-refractivity contribution in [3.8, 4) is 0 Å². The van der Waals surface area contributed by atoms with E-state index in [2.05, 4.69) is 81.8 Å². The number of hydrogen-bond acceptors (Lipinski definition) is 7. The summed E-state index contributed by atoms with van der Waals surface area (Å²) in [6.45, 7) is 23.3. The Balaban J connectivity index is -0.000000744. The molecule has 12 nitrogen and oxygen atoms in total. The van der Waals surface area contributed by atoms with Gasteiger partial charge in [0.1, 0.15) is 0 Å². The molecule has 3 rings (SSSR count). The number of likely N-dealkylation sites (tertiary alicyclic amines) is 1. The van der Waals surface area contributed by atoms with Crippen molar-refractivity contribution in [1.82, 2.24) is 25.8 Å². The Kier molecular flexibility index (Phi) is 30.6. The number of nitrogens with one attached hydrogen (secondary N) is 3. The predicted molar refractivity (Wildman–Crippen MR) is 223 cm³/mol. The number of methoxy groups -OCH3 is 2. The van der Waals surface area contributed by atoms with E-state index in [0.29, 0.717) is 12.0 Å². The summed E-state index contributed by atoms with van der Waals surface area (Å²) in [6, 6.07) is 10.6. The van der Waals surface area contributed by atoms with Crippen LogP contribution in [-0.4, -0.2) is 112 Å². The minimum Gasteiger partial charge on any atom is -0.520 e. The van der Waals surface area contributed by atoms with Gasteiger partial charge in [0, 0.05) is 39.8 Å². The molecule has 5 unspecified atom stereocenters. The molecule has 13 heteroatoms. The molecule has 0 radical (unpaired) electrons. The number of likely N-dealkylation sites (N-methyl/N-ethyl adjacent to an activating group) is 1. The van der Waals surface area contributed by atoms with E-state index in [1.54, 1.807) is 40.0 Å². The second-order valence-corrected chi connectivity index (χ2v) is 14.9. The summed E-state index contributed by atoms with van der Waals surface area (Å²) in [6.07, 6.45) is 10.9. The van der Waals surface area contributed by atoms with Gasteiger partial charge in [0.2, 0.25) is 24.6 Å². The Labute approximate surface area is 334 Å². The molecule has 1 saturated heterocycles. The SMILES string of the molecule is CC.CCC.CCC(C)C(C(CC)OC)N(C)C(=O)CNC(=O)C(C)(C)N[C-]=O.COC(C(C)C)C1CCCN1C=O.O=CNCC1(c2ccccc2)CC1.[Fm]. The summed E-state index contributed by atoms with van der Waals surface area (Å²) in [5, 5.41) is 7.63. The number of ether oxygens (including phenoxy) is 2. The van der Waals surface area contributed by atoms with Gasteiger partial charge in [-0.05, 0) is 63.4 Å². The van der Waals surface area contributed by atoms with Crippen molar-refractivity contribution in [2.45, 2.75) is 156 Å². The summed E-state index contributed by atoms with van der Waals surface area (Å²) in [7, 11) is 5.11. The van der Waals surface area contributed by atoms with Gasteiger partial charge in [-0.15, -0.1) is 0 Å². The van der Waals surface area contributed by atoms with E-state index < -0.39 is 11.4 Å². The number of hydrogen-bond donors (Lipinski definition) is 3. The Bertz CT molecular complexity index is 1180. The molecule has 5 amide bonds. The van der Waals surface area contributed by atoms with E-state index >= 15 is 0 Å². The van der Waals surface area contributed by atoms with Gasteiger partial charge >= 0.3 is 0 Å². The van der Waals surface area contributed by atoms with Crippen molar-refractivity contribution >= 4 is 31.0 Å². The van der Waals surface area contributed by atoms with Crippen LogP contribution in [0.25, 0.3) is 0 Å². The number of rotatable bonds is 19. The molecular formula is C43H78FmN5O7-. The summed E-state index contributed by atoms with van der Waals surface area (Å²) in [5.74, 6) is 0.0966. The monoisotopic (exact) mass is 1030 g/mol. The van der Waals surface area contributed by atoms with E-state index in [-0.39, 0.29) is 42.0 Å². The second-order valence-electron chi connectivity index (χ2n) is 14.9. The Morgan fingerprint density at radius 3 is 2.00 bits per heavy atom. The van der Waals surface area contributed by atoms with Gasteiger partial charge < -0.3 is 40.0 Å². The number of nitrogens with zero attached hydrogens (tertiary/aromatic N) is 2. The normalized spacial score (nSPS) is 16.9. The molecule has 0 bridgehead atoms. The minimum atomic E-state index is -1.12. The van der Waals surface area contributed by atoms with Crippen LogP contribution in [0.3, 0.4) is 0 Å². The van der Waals surface area contributed by atoms with Crippen molar-refractivity contribution in [2.24, 2.45) is 11.8 Å². The second kappa shape index (κ2) is 30.7. The number of benzene rings is 1. The van der Waals surface area contributed by atoms with Gasteiger partial charge in [-0.1, -0.05) is 105 Å². The number of amides is 5. The van der Waals surface area contributed by atoms with Crippen LogP contribution < -0.4 is 16.0 Å². The zero-order chi connectivity index (χ0) is 42.6. The van der Waals surface area contributed by atoms with Crippen molar-refractivity contribution in [2.75, 3.05) is 40.9 Å². The first-order valence-electron chi connectivity index (χ1n) is 20.3. The van der Waals surface area contributed by atoms with Crippen LogP contribution in [0.15, 0.2) is 30.3 Å². The summed E-state index contributed by atoms with van der Waals surface area (Å²) < 4.78 is 11.0. The molecule has 5 atom stereocenters. The van der Waals surface area contributed by atoms with Crippen molar-refractivity contribution in [3.63, 3.8) is 0 Å². The van der Waals surface area contributed by atoms with E-state index in [4.69, 9.17) is 9.47 Å². The molecule has 2 fully saturated rings. The molecule has 56 heavy (non-hydrogen) atoms. The molecule has 0 spiro atoms. The van der Waals surface area contributed by atoms with Crippen LogP contribution in [0.4, 0.5) is 0 Å². The fourth-order valence-electron chi connectivity index (χ4n) is 6.56. The van der Waals surface area contributed by atoms with E-state index in [1.807, 2.05) is 31.7 Å². The minimum absolute atomic E-state index is 0. The standard InChI is InChI=1S/C17H32N3O4.C11H13NO.C10H19NO2.C3H8.C2H6.Fm/c1-8-12(3)15(13(9-2)24-7)20(6)14(22)10-18-16(23)17(4,5)19-11-21;13-9-12-8-11(6-7-11)10-4-2-1-3-5-10;1-8(2)10(13-3)9-5-4-6-11(9)7-12;1-3-2;1-2;/h12-13,15H,8-10H2,1-7H3,(H,18,23)(H,19,21);1-5,9H,6-8H2,(H,12,13);7-10H,4-6H2,1-3H3;3H2,1-2H3;1-2H3;/q-1;;;;;. The fraction of sp³-hybridized carbons (Fsp3) is 0.744. The van der Waals surface area contributed by atoms with Crippen LogP contribution in [0.5, 0.6) is 0 Å². The third-order valence-electron chi connectivity index (χ3n) is 10.0. The Hall–Kier alpha value is -4.51. The maximum atomic E-state index is 12.5. The van der Waals surface area contributed by atoms with Crippen LogP contribution in [-0.2, 0) is 38.9 Å². The van der Waals surface area contributed by atoms with Gasteiger partial charge in [0.15, 0.2) is 0 Å². The smallest absolute Gasteiger partial charge is 0.242 e. The zero-order valence-corrected chi connectivity index (χ0v) is 39.5. The molecule has 0 aromatic heterocycles. The molecule has 330 valence electrons. The summed E-state index contributed by atoms with van der Waals surface area (Å²) in [4.78, 5) is 59.4. The zero-order valence-electron chi connectivity index (χ0n) is 37.1. The van der Waals surface area contributed by atoms with Crippen molar-refractivity contribution < 1.29 is 33.4 Å². The topological polar surface area (TPSA) is 146 Å². The maximum absolute atomic E-state index is 12.5. The third kappa shape index (κ3) is 18.9. The molecule has 1 aliphatic heterocycles. The summed E-state index contributed by atoms with van der Waals surface area (Å²) >= 11 is 0. The summed E-state index contributed by atoms with van der Waals surface area (Å²) in [5.41, 5.74) is 0.488. The average molecular weight is 1030 g/mol.